The van der Waals surface area contributed by atoms with E-state index in [2.05, 4.69) is 77.9 Å². The lowest BCUT2D eigenvalue weighted by Crippen LogP contribution is -2.53. The van der Waals surface area contributed by atoms with E-state index in [0.717, 1.165) is 77.3 Å². The van der Waals surface area contributed by atoms with Crippen LogP contribution in [0.5, 0.6) is 0 Å². The van der Waals surface area contributed by atoms with E-state index < -0.39 is 0 Å². The van der Waals surface area contributed by atoms with Gasteiger partial charge >= 0.3 is 0 Å². The van der Waals surface area contributed by atoms with Crippen LogP contribution in [0.4, 0.5) is 0 Å². The lowest BCUT2D eigenvalue weighted by atomic mass is 9.93. The number of piperidine rings is 2. The number of hydrogen-bond donors (Lipinski definition) is 1. The topological polar surface area (TPSA) is 52.7 Å². The summed E-state index contributed by atoms with van der Waals surface area (Å²) in [6.07, 6.45) is 11.2. The van der Waals surface area contributed by atoms with Gasteiger partial charge in [-0.2, -0.15) is 0 Å². The molecule has 200 valence electrons. The van der Waals surface area contributed by atoms with Gasteiger partial charge in [0.15, 0.2) is 0 Å². The standard InChI is InChI=1S/C32H45N3O2/c1-34-23-9-8-22-30(34)32(37)35-24-12-19-28(25-35)31(36)33-29(20-10-17-26-13-4-2-5-14-26)21-11-18-27-15-6-3-7-16-27/h2-7,13-16,28-30H,8-12,17-25H2,1H3,(H,33,36). The van der Waals surface area contributed by atoms with Gasteiger partial charge in [0.25, 0.3) is 0 Å². The van der Waals surface area contributed by atoms with E-state index in [4.69, 9.17) is 0 Å². The fourth-order valence-electron chi connectivity index (χ4n) is 5.99. The number of likely N-dealkylation sites (tertiary alicyclic amines) is 2. The van der Waals surface area contributed by atoms with E-state index in [1.165, 1.54) is 17.5 Å². The van der Waals surface area contributed by atoms with Crippen LogP contribution < -0.4 is 5.32 Å². The summed E-state index contributed by atoms with van der Waals surface area (Å²) in [5.41, 5.74) is 2.71. The molecular weight excluding hydrogens is 458 g/mol. The van der Waals surface area contributed by atoms with Crippen LogP contribution in [0.15, 0.2) is 60.7 Å². The van der Waals surface area contributed by atoms with Crippen molar-refractivity contribution in [2.24, 2.45) is 5.92 Å². The zero-order chi connectivity index (χ0) is 25.9. The number of amides is 2. The Morgan fingerprint density at radius 3 is 2.05 bits per heavy atom. The van der Waals surface area contributed by atoms with Crippen LogP contribution in [-0.2, 0) is 22.4 Å². The Kier molecular flexibility index (Phi) is 10.6. The molecule has 2 saturated heterocycles. The number of carbonyl (C=O) groups excluding carboxylic acids is 2. The molecule has 0 aromatic heterocycles. The molecule has 0 spiro atoms. The second kappa shape index (κ2) is 14.3. The van der Waals surface area contributed by atoms with Crippen molar-refractivity contribution >= 4 is 11.8 Å². The molecule has 37 heavy (non-hydrogen) atoms. The molecule has 0 saturated carbocycles. The Labute approximate surface area is 223 Å². The molecule has 2 atom stereocenters. The summed E-state index contributed by atoms with van der Waals surface area (Å²) in [6, 6.07) is 21.4. The van der Waals surface area contributed by atoms with Crippen molar-refractivity contribution in [3.05, 3.63) is 71.8 Å². The van der Waals surface area contributed by atoms with E-state index in [-0.39, 0.29) is 29.8 Å². The van der Waals surface area contributed by atoms with E-state index in [0.29, 0.717) is 6.54 Å². The third-order valence-electron chi connectivity index (χ3n) is 8.23. The summed E-state index contributed by atoms with van der Waals surface area (Å²) in [5, 5.41) is 3.42. The SMILES string of the molecule is CN1CCCCC1C(=O)N1CCCC(C(=O)NC(CCCc2ccccc2)CCCc2ccccc2)C1. The first-order valence-electron chi connectivity index (χ1n) is 14.5. The number of nitrogens with zero attached hydrogens (tertiary/aromatic N) is 2. The molecule has 4 rings (SSSR count). The van der Waals surface area contributed by atoms with Gasteiger partial charge < -0.3 is 10.2 Å². The second-order valence-corrected chi connectivity index (χ2v) is 11.1. The molecule has 2 aromatic carbocycles. The number of likely N-dealkylation sites (N-methyl/N-ethyl adjacent to an activating group) is 1. The lowest BCUT2D eigenvalue weighted by Gasteiger charge is -2.39. The number of aryl methyl sites for hydroxylation is 2. The van der Waals surface area contributed by atoms with E-state index in [1.54, 1.807) is 0 Å². The highest BCUT2D eigenvalue weighted by atomic mass is 16.2. The van der Waals surface area contributed by atoms with Crippen LogP contribution >= 0.6 is 0 Å². The molecule has 2 heterocycles. The van der Waals surface area contributed by atoms with Gasteiger partial charge in [-0.3, -0.25) is 14.5 Å². The first kappa shape index (κ1) is 27.4. The third kappa shape index (κ3) is 8.43. The van der Waals surface area contributed by atoms with Gasteiger partial charge in [-0.05, 0) is 88.9 Å². The quantitative estimate of drug-likeness (QED) is 0.456. The number of carbonyl (C=O) groups is 2. The van der Waals surface area contributed by atoms with Crippen molar-refractivity contribution in [2.45, 2.75) is 82.7 Å². The van der Waals surface area contributed by atoms with Crippen LogP contribution in [0, 0.1) is 5.92 Å². The van der Waals surface area contributed by atoms with Crippen molar-refractivity contribution in [1.82, 2.24) is 15.1 Å². The summed E-state index contributed by atoms with van der Waals surface area (Å²) in [6.45, 7) is 2.34. The van der Waals surface area contributed by atoms with Crippen LogP contribution in [0.1, 0.15) is 68.9 Å². The number of hydrogen-bond acceptors (Lipinski definition) is 3. The Hall–Kier alpha value is -2.66. The van der Waals surface area contributed by atoms with Crippen molar-refractivity contribution in [1.29, 1.82) is 0 Å². The van der Waals surface area contributed by atoms with Gasteiger partial charge in [-0.15, -0.1) is 0 Å². The third-order valence-corrected chi connectivity index (χ3v) is 8.23. The lowest BCUT2D eigenvalue weighted by molar-refractivity contribution is -0.141. The molecule has 0 bridgehead atoms. The fraction of sp³-hybridized carbons (Fsp3) is 0.562. The molecule has 2 aliphatic heterocycles. The van der Waals surface area contributed by atoms with Crippen LogP contribution in [0.2, 0.25) is 0 Å². The average Bonchev–Trinajstić information content (AvgIpc) is 2.94. The Morgan fingerprint density at radius 1 is 0.838 bits per heavy atom. The minimum Gasteiger partial charge on any atom is -0.353 e. The fourth-order valence-corrected chi connectivity index (χ4v) is 5.99. The minimum atomic E-state index is -0.0997. The molecule has 2 fully saturated rings. The summed E-state index contributed by atoms with van der Waals surface area (Å²) >= 11 is 0. The molecule has 0 aliphatic carbocycles. The molecule has 2 aliphatic rings. The average molecular weight is 504 g/mol. The first-order chi connectivity index (χ1) is 18.1. The highest BCUT2D eigenvalue weighted by molar-refractivity contribution is 5.84. The summed E-state index contributed by atoms with van der Waals surface area (Å²) in [7, 11) is 2.06. The highest BCUT2D eigenvalue weighted by Gasteiger charge is 2.34. The van der Waals surface area contributed by atoms with Crippen molar-refractivity contribution in [2.75, 3.05) is 26.7 Å². The van der Waals surface area contributed by atoms with Gasteiger partial charge in [0, 0.05) is 19.1 Å². The molecular formula is C32H45N3O2. The largest absolute Gasteiger partial charge is 0.353 e. The van der Waals surface area contributed by atoms with Gasteiger partial charge in [0.05, 0.1) is 12.0 Å². The maximum atomic E-state index is 13.4. The predicted molar refractivity (Wildman–Crippen MR) is 150 cm³/mol. The van der Waals surface area contributed by atoms with Crippen molar-refractivity contribution in [3.8, 4) is 0 Å². The first-order valence-corrected chi connectivity index (χ1v) is 14.5. The maximum absolute atomic E-state index is 13.4. The summed E-state index contributed by atoms with van der Waals surface area (Å²) in [4.78, 5) is 30.9. The normalized spacial score (nSPS) is 20.6. The monoisotopic (exact) mass is 503 g/mol. The van der Waals surface area contributed by atoms with Gasteiger partial charge in [-0.1, -0.05) is 67.1 Å². The predicted octanol–water partition coefficient (Wildman–Crippen LogP) is 5.24. The molecule has 5 nitrogen and oxygen atoms in total. The molecule has 1 N–H and O–H groups in total. The van der Waals surface area contributed by atoms with Crippen LogP contribution in [-0.4, -0.2) is 60.4 Å². The minimum absolute atomic E-state index is 0.0146. The molecule has 2 amide bonds. The van der Waals surface area contributed by atoms with Crippen molar-refractivity contribution in [3.63, 3.8) is 0 Å². The summed E-state index contributed by atoms with van der Waals surface area (Å²) < 4.78 is 0. The van der Waals surface area contributed by atoms with Gasteiger partial charge in [0.1, 0.15) is 0 Å². The Morgan fingerprint density at radius 2 is 1.46 bits per heavy atom. The van der Waals surface area contributed by atoms with E-state index >= 15 is 0 Å². The maximum Gasteiger partial charge on any atom is 0.239 e. The highest BCUT2D eigenvalue weighted by Crippen LogP contribution is 2.23. The molecule has 0 radical (unpaired) electrons. The van der Waals surface area contributed by atoms with Gasteiger partial charge in [-0.25, -0.2) is 0 Å². The number of nitrogens with one attached hydrogen (secondary N) is 1. The zero-order valence-corrected chi connectivity index (χ0v) is 22.6. The van der Waals surface area contributed by atoms with Gasteiger partial charge in [0.2, 0.25) is 11.8 Å². The number of rotatable bonds is 11. The summed E-state index contributed by atoms with van der Waals surface area (Å²) in [5.74, 6) is 0.262. The Balaban J connectivity index is 1.31. The second-order valence-electron chi connectivity index (χ2n) is 11.1. The molecule has 2 aromatic rings. The molecule has 2 unspecified atom stereocenters. The smallest absolute Gasteiger partial charge is 0.239 e. The van der Waals surface area contributed by atoms with E-state index in [1.807, 2.05) is 4.90 Å². The van der Waals surface area contributed by atoms with Crippen molar-refractivity contribution < 1.29 is 9.59 Å². The zero-order valence-electron chi connectivity index (χ0n) is 22.6. The Bertz CT molecular complexity index is 919. The molecule has 5 heteroatoms. The number of benzene rings is 2. The van der Waals surface area contributed by atoms with E-state index in [9.17, 15) is 9.59 Å². The van der Waals surface area contributed by atoms with Crippen LogP contribution in [0.25, 0.3) is 0 Å². The van der Waals surface area contributed by atoms with Crippen LogP contribution in [0.3, 0.4) is 0 Å².